The highest BCUT2D eigenvalue weighted by Crippen LogP contribution is 2.10. The summed E-state index contributed by atoms with van der Waals surface area (Å²) in [6, 6.07) is 7.91. The summed E-state index contributed by atoms with van der Waals surface area (Å²) in [7, 11) is 0. The molecule has 0 heterocycles. The molecule has 0 unspecified atom stereocenters. The average molecular weight is 382 g/mol. The molecule has 0 aliphatic carbocycles. The zero-order valence-corrected chi connectivity index (χ0v) is 14.0. The predicted octanol–water partition coefficient (Wildman–Crippen LogP) is 3.08. The van der Waals surface area contributed by atoms with Gasteiger partial charge < -0.3 is 10.6 Å². The smallest absolute Gasteiger partial charge is 0.191 e. The fourth-order valence-electron chi connectivity index (χ4n) is 1.50. The van der Waals surface area contributed by atoms with Crippen LogP contribution in [0.15, 0.2) is 29.3 Å². The van der Waals surface area contributed by atoms with Gasteiger partial charge in [-0.2, -0.15) is 0 Å². The number of hydrogen-bond acceptors (Lipinski definition) is 1. The molecule has 5 heteroatoms. The molecule has 3 nitrogen and oxygen atoms in total. The molecule has 0 saturated carbocycles. The van der Waals surface area contributed by atoms with Crippen molar-refractivity contribution in [3.63, 3.8) is 0 Å². The molecule has 1 rings (SSSR count). The first-order chi connectivity index (χ1) is 8.26. The van der Waals surface area contributed by atoms with Crippen molar-refractivity contribution in [3.8, 4) is 0 Å². The summed E-state index contributed by atoms with van der Waals surface area (Å²) in [5.41, 5.74) is 1.22. The summed E-state index contributed by atoms with van der Waals surface area (Å²) in [4.78, 5) is 4.48. The van der Waals surface area contributed by atoms with Gasteiger partial charge in [-0.3, -0.25) is 4.99 Å². The second-order valence-corrected chi connectivity index (χ2v) is 4.11. The fourth-order valence-corrected chi connectivity index (χ4v) is 1.71. The summed E-state index contributed by atoms with van der Waals surface area (Å²) >= 11 is 5.93. The molecule has 2 N–H and O–H groups in total. The zero-order valence-electron chi connectivity index (χ0n) is 10.9. The van der Waals surface area contributed by atoms with Gasteiger partial charge in [-0.15, -0.1) is 24.0 Å². The van der Waals surface area contributed by atoms with E-state index in [4.69, 9.17) is 11.6 Å². The molecule has 0 bridgehead atoms. The molecular formula is C13H21ClIN3. The average Bonchev–Trinajstić information content (AvgIpc) is 2.30. The van der Waals surface area contributed by atoms with Crippen LogP contribution in [-0.4, -0.2) is 25.6 Å². The first-order valence-corrected chi connectivity index (χ1v) is 6.40. The molecule has 0 saturated heterocycles. The minimum absolute atomic E-state index is 0. The number of guanidine groups is 1. The minimum atomic E-state index is 0. The Balaban J connectivity index is 0.00000289. The Morgan fingerprint density at radius 2 is 1.89 bits per heavy atom. The molecule has 0 aromatic heterocycles. The van der Waals surface area contributed by atoms with Gasteiger partial charge in [0.25, 0.3) is 0 Å². The molecule has 0 aliphatic rings. The van der Waals surface area contributed by atoms with Crippen LogP contribution in [0.4, 0.5) is 0 Å². The highest BCUT2D eigenvalue weighted by molar-refractivity contribution is 14.0. The summed E-state index contributed by atoms with van der Waals surface area (Å²) < 4.78 is 0. The maximum Gasteiger partial charge on any atom is 0.191 e. The molecule has 0 atom stereocenters. The SMILES string of the molecule is CCNC(=NCCc1cccc(Cl)c1)NCC.I. The fraction of sp³-hybridized carbons (Fsp3) is 0.462. The second kappa shape index (κ2) is 10.4. The third-order valence-electron chi connectivity index (χ3n) is 2.25. The van der Waals surface area contributed by atoms with E-state index >= 15 is 0 Å². The van der Waals surface area contributed by atoms with Crippen molar-refractivity contribution >= 4 is 41.5 Å². The van der Waals surface area contributed by atoms with Crippen molar-refractivity contribution in [1.82, 2.24) is 10.6 Å². The Bertz CT molecular complexity index is 361. The van der Waals surface area contributed by atoms with E-state index in [1.54, 1.807) is 0 Å². The molecule has 0 spiro atoms. The molecule has 102 valence electrons. The molecule has 1 aromatic carbocycles. The maximum atomic E-state index is 5.93. The van der Waals surface area contributed by atoms with Crippen molar-refractivity contribution in [2.75, 3.05) is 19.6 Å². The number of halogens is 2. The van der Waals surface area contributed by atoms with Crippen molar-refractivity contribution < 1.29 is 0 Å². The topological polar surface area (TPSA) is 36.4 Å². The molecule has 0 fully saturated rings. The van der Waals surface area contributed by atoms with Gasteiger partial charge in [0.05, 0.1) is 0 Å². The largest absolute Gasteiger partial charge is 0.357 e. The molecule has 18 heavy (non-hydrogen) atoms. The maximum absolute atomic E-state index is 5.93. The third kappa shape index (κ3) is 7.06. The zero-order chi connectivity index (χ0) is 12.5. The van der Waals surface area contributed by atoms with Crippen molar-refractivity contribution in [3.05, 3.63) is 34.9 Å². The Morgan fingerprint density at radius 1 is 1.22 bits per heavy atom. The molecule has 0 amide bonds. The van der Waals surface area contributed by atoms with Gasteiger partial charge in [0.1, 0.15) is 0 Å². The third-order valence-corrected chi connectivity index (χ3v) is 2.48. The first kappa shape index (κ1) is 17.5. The highest BCUT2D eigenvalue weighted by atomic mass is 127. The number of nitrogens with zero attached hydrogens (tertiary/aromatic N) is 1. The van der Waals surface area contributed by atoms with Gasteiger partial charge in [0, 0.05) is 24.7 Å². The Morgan fingerprint density at radius 3 is 2.44 bits per heavy atom. The summed E-state index contributed by atoms with van der Waals surface area (Å²) in [5.74, 6) is 0.872. The normalized spacial score (nSPS) is 9.28. The summed E-state index contributed by atoms with van der Waals surface area (Å²) in [6.45, 7) is 6.63. The number of nitrogens with one attached hydrogen (secondary N) is 2. The van der Waals surface area contributed by atoms with Crippen LogP contribution in [0.25, 0.3) is 0 Å². The number of benzene rings is 1. The van der Waals surface area contributed by atoms with Crippen LogP contribution in [0.3, 0.4) is 0 Å². The Labute approximate surface area is 131 Å². The molecular weight excluding hydrogens is 361 g/mol. The van der Waals surface area contributed by atoms with Gasteiger partial charge in [-0.05, 0) is 38.0 Å². The van der Waals surface area contributed by atoms with E-state index in [0.29, 0.717) is 0 Å². The van der Waals surface area contributed by atoms with Crippen LogP contribution in [0.1, 0.15) is 19.4 Å². The number of aliphatic imine (C=N–C) groups is 1. The predicted molar refractivity (Wildman–Crippen MR) is 90.2 cm³/mol. The van der Waals surface area contributed by atoms with Gasteiger partial charge in [-0.25, -0.2) is 0 Å². The van der Waals surface area contributed by atoms with Crippen LogP contribution >= 0.6 is 35.6 Å². The van der Waals surface area contributed by atoms with E-state index in [1.807, 2.05) is 18.2 Å². The van der Waals surface area contributed by atoms with E-state index in [0.717, 1.165) is 37.0 Å². The number of hydrogen-bond donors (Lipinski definition) is 2. The lowest BCUT2D eigenvalue weighted by Gasteiger charge is -2.08. The van der Waals surface area contributed by atoms with E-state index in [-0.39, 0.29) is 24.0 Å². The van der Waals surface area contributed by atoms with Crippen LogP contribution in [-0.2, 0) is 6.42 Å². The van der Waals surface area contributed by atoms with Gasteiger partial charge in [0.15, 0.2) is 5.96 Å². The standard InChI is InChI=1S/C13H20ClN3.HI/c1-3-15-13(16-4-2)17-9-8-11-6-5-7-12(14)10-11;/h5-7,10H,3-4,8-9H2,1-2H3,(H2,15,16,17);1H. The monoisotopic (exact) mass is 381 g/mol. The van der Waals surface area contributed by atoms with Crippen molar-refractivity contribution in [2.45, 2.75) is 20.3 Å². The van der Waals surface area contributed by atoms with E-state index < -0.39 is 0 Å². The first-order valence-electron chi connectivity index (χ1n) is 6.03. The summed E-state index contributed by atoms with van der Waals surface area (Å²) in [6.07, 6.45) is 0.904. The molecule has 1 aromatic rings. The Hall–Kier alpha value is -0.490. The van der Waals surface area contributed by atoms with Gasteiger partial charge in [0.2, 0.25) is 0 Å². The van der Waals surface area contributed by atoms with Crippen LogP contribution in [0, 0.1) is 0 Å². The van der Waals surface area contributed by atoms with E-state index in [9.17, 15) is 0 Å². The Kier molecular flexibility index (Phi) is 10.2. The lowest BCUT2D eigenvalue weighted by Crippen LogP contribution is -2.37. The van der Waals surface area contributed by atoms with E-state index in [2.05, 4.69) is 35.5 Å². The quantitative estimate of drug-likeness (QED) is 0.467. The van der Waals surface area contributed by atoms with Crippen LogP contribution < -0.4 is 10.6 Å². The number of rotatable bonds is 5. The lowest BCUT2D eigenvalue weighted by atomic mass is 10.1. The van der Waals surface area contributed by atoms with Gasteiger partial charge >= 0.3 is 0 Å². The lowest BCUT2D eigenvalue weighted by molar-refractivity contribution is 0.833. The molecule has 0 aliphatic heterocycles. The van der Waals surface area contributed by atoms with Crippen molar-refractivity contribution in [1.29, 1.82) is 0 Å². The van der Waals surface area contributed by atoms with Crippen molar-refractivity contribution in [2.24, 2.45) is 4.99 Å². The minimum Gasteiger partial charge on any atom is -0.357 e. The molecule has 0 radical (unpaired) electrons. The summed E-state index contributed by atoms with van der Waals surface area (Å²) in [5, 5.41) is 7.17. The van der Waals surface area contributed by atoms with Gasteiger partial charge in [-0.1, -0.05) is 23.7 Å². The highest BCUT2D eigenvalue weighted by Gasteiger charge is 1.96. The second-order valence-electron chi connectivity index (χ2n) is 3.67. The van der Waals surface area contributed by atoms with Crippen LogP contribution in [0.2, 0.25) is 5.02 Å². The van der Waals surface area contributed by atoms with E-state index in [1.165, 1.54) is 5.56 Å². The van der Waals surface area contributed by atoms with Crippen LogP contribution in [0.5, 0.6) is 0 Å².